The van der Waals surface area contributed by atoms with Gasteiger partial charge in [0.05, 0.1) is 0 Å². The Labute approximate surface area is 111 Å². The van der Waals surface area contributed by atoms with Gasteiger partial charge in [-0.05, 0) is 18.2 Å². The molecule has 1 aromatic heterocycles. The van der Waals surface area contributed by atoms with Crippen molar-refractivity contribution >= 4 is 21.8 Å². The quantitative estimate of drug-likeness (QED) is 0.676. The van der Waals surface area contributed by atoms with Gasteiger partial charge >= 0.3 is 0 Å². The summed E-state index contributed by atoms with van der Waals surface area (Å²) in [5, 5.41) is 7.27. The number of nitrogen functional groups attached to an aromatic ring is 1. The molecule has 6 heteroatoms. The molecule has 0 spiro atoms. The number of aromatic nitrogens is 1. The Balaban J connectivity index is 2.28. The highest BCUT2D eigenvalue weighted by Gasteiger charge is 2.04. The third-order valence-corrected chi connectivity index (χ3v) is 2.54. The summed E-state index contributed by atoms with van der Waals surface area (Å²) >= 11 is 3.18. The van der Waals surface area contributed by atoms with E-state index >= 15 is 0 Å². The van der Waals surface area contributed by atoms with Crippen LogP contribution in [0.3, 0.4) is 0 Å². The van der Waals surface area contributed by atoms with Crippen molar-refractivity contribution in [2.45, 2.75) is 0 Å². The molecular weight excluding hydrogens is 301 g/mol. The SMILES string of the molecule is N=C(N)c1cc(Oc2cc(F)cc(Br)c2)ccn1. The molecule has 0 aliphatic carbocycles. The van der Waals surface area contributed by atoms with Crippen molar-refractivity contribution in [2.24, 2.45) is 5.73 Å². The molecule has 2 rings (SSSR count). The van der Waals surface area contributed by atoms with Crippen molar-refractivity contribution in [2.75, 3.05) is 0 Å². The average Bonchev–Trinajstić information content (AvgIpc) is 2.27. The lowest BCUT2D eigenvalue weighted by Gasteiger charge is -2.07. The van der Waals surface area contributed by atoms with Gasteiger partial charge in [0.2, 0.25) is 0 Å². The fraction of sp³-hybridized carbons (Fsp3) is 0. The smallest absolute Gasteiger partial charge is 0.141 e. The topological polar surface area (TPSA) is 72.0 Å². The number of amidine groups is 1. The van der Waals surface area contributed by atoms with E-state index in [1.54, 1.807) is 12.1 Å². The number of nitrogens with two attached hydrogens (primary N) is 1. The maximum Gasteiger partial charge on any atom is 0.141 e. The molecule has 92 valence electrons. The van der Waals surface area contributed by atoms with Crippen LogP contribution in [-0.2, 0) is 0 Å². The Morgan fingerprint density at radius 3 is 2.72 bits per heavy atom. The Morgan fingerprint density at radius 2 is 2.06 bits per heavy atom. The van der Waals surface area contributed by atoms with Gasteiger partial charge in [-0.2, -0.15) is 0 Å². The Bertz CT molecular complexity index is 583. The first-order valence-corrected chi connectivity index (χ1v) is 5.78. The number of pyridine rings is 1. The lowest BCUT2D eigenvalue weighted by Crippen LogP contribution is -2.12. The second kappa shape index (κ2) is 5.14. The number of nitrogens with zero attached hydrogens (tertiary/aromatic N) is 1. The largest absolute Gasteiger partial charge is 0.457 e. The summed E-state index contributed by atoms with van der Waals surface area (Å²) in [5.41, 5.74) is 5.63. The standard InChI is InChI=1S/C12H9BrFN3O/c13-7-3-8(14)5-10(4-7)18-9-1-2-17-11(6-9)12(15)16/h1-6H,(H3,15,16). The van der Waals surface area contributed by atoms with Gasteiger partial charge in [0.25, 0.3) is 0 Å². The third-order valence-electron chi connectivity index (χ3n) is 2.08. The van der Waals surface area contributed by atoms with Crippen LogP contribution in [0.15, 0.2) is 41.0 Å². The summed E-state index contributed by atoms with van der Waals surface area (Å²) in [7, 11) is 0. The van der Waals surface area contributed by atoms with Gasteiger partial charge in [-0.25, -0.2) is 4.39 Å². The molecule has 0 fully saturated rings. The predicted molar refractivity (Wildman–Crippen MR) is 69.4 cm³/mol. The number of hydrogen-bond acceptors (Lipinski definition) is 3. The Morgan fingerprint density at radius 1 is 1.28 bits per heavy atom. The third kappa shape index (κ3) is 3.04. The second-order valence-electron chi connectivity index (χ2n) is 3.50. The van der Waals surface area contributed by atoms with Gasteiger partial charge in [-0.1, -0.05) is 15.9 Å². The molecule has 0 aliphatic rings. The van der Waals surface area contributed by atoms with E-state index in [1.165, 1.54) is 24.4 Å². The molecule has 3 N–H and O–H groups in total. The molecular formula is C12H9BrFN3O. The van der Waals surface area contributed by atoms with Crippen LogP contribution >= 0.6 is 15.9 Å². The zero-order valence-corrected chi connectivity index (χ0v) is 10.7. The van der Waals surface area contributed by atoms with Crippen molar-refractivity contribution < 1.29 is 9.13 Å². The molecule has 4 nitrogen and oxygen atoms in total. The van der Waals surface area contributed by atoms with Crippen LogP contribution in [0, 0.1) is 11.2 Å². The van der Waals surface area contributed by atoms with Gasteiger partial charge in [0, 0.05) is 22.8 Å². The minimum absolute atomic E-state index is 0.152. The zero-order valence-electron chi connectivity index (χ0n) is 9.15. The molecule has 0 amide bonds. The molecule has 1 heterocycles. The van der Waals surface area contributed by atoms with Crippen LogP contribution in [0.2, 0.25) is 0 Å². The van der Waals surface area contributed by atoms with Gasteiger partial charge in [0.15, 0.2) is 0 Å². The molecule has 0 radical (unpaired) electrons. The molecule has 0 unspecified atom stereocenters. The van der Waals surface area contributed by atoms with E-state index in [2.05, 4.69) is 20.9 Å². The molecule has 0 atom stereocenters. The monoisotopic (exact) mass is 309 g/mol. The fourth-order valence-electron chi connectivity index (χ4n) is 1.35. The van der Waals surface area contributed by atoms with Crippen molar-refractivity contribution in [3.8, 4) is 11.5 Å². The maximum atomic E-state index is 13.2. The van der Waals surface area contributed by atoms with Crippen molar-refractivity contribution in [3.05, 3.63) is 52.5 Å². The zero-order chi connectivity index (χ0) is 13.1. The number of hydrogen-bond donors (Lipinski definition) is 2. The van der Waals surface area contributed by atoms with E-state index < -0.39 is 5.82 Å². The van der Waals surface area contributed by atoms with Crippen LogP contribution in [0.25, 0.3) is 0 Å². The Hall–Kier alpha value is -1.95. The lowest BCUT2D eigenvalue weighted by molar-refractivity contribution is 0.475. The summed E-state index contributed by atoms with van der Waals surface area (Å²) in [6.07, 6.45) is 1.47. The highest BCUT2D eigenvalue weighted by Crippen LogP contribution is 2.25. The van der Waals surface area contributed by atoms with Crippen LogP contribution in [-0.4, -0.2) is 10.8 Å². The first-order chi connectivity index (χ1) is 8.54. The molecule has 1 aromatic carbocycles. The maximum absolute atomic E-state index is 13.2. The highest BCUT2D eigenvalue weighted by atomic mass is 79.9. The second-order valence-corrected chi connectivity index (χ2v) is 4.41. The fourth-order valence-corrected chi connectivity index (χ4v) is 1.79. The average molecular weight is 310 g/mol. The molecule has 2 aromatic rings. The highest BCUT2D eigenvalue weighted by molar-refractivity contribution is 9.10. The van der Waals surface area contributed by atoms with Gasteiger partial charge < -0.3 is 10.5 Å². The predicted octanol–water partition coefficient (Wildman–Crippen LogP) is 3.06. The minimum Gasteiger partial charge on any atom is -0.457 e. The van der Waals surface area contributed by atoms with E-state index in [4.69, 9.17) is 15.9 Å². The number of halogens is 2. The van der Waals surface area contributed by atoms with Crippen molar-refractivity contribution in [3.63, 3.8) is 0 Å². The van der Waals surface area contributed by atoms with Crippen LogP contribution in [0.5, 0.6) is 11.5 Å². The van der Waals surface area contributed by atoms with E-state index in [1.807, 2.05) is 0 Å². The normalized spacial score (nSPS) is 10.1. The van der Waals surface area contributed by atoms with E-state index in [-0.39, 0.29) is 5.84 Å². The van der Waals surface area contributed by atoms with Gasteiger partial charge in [0.1, 0.15) is 28.8 Å². The van der Waals surface area contributed by atoms with Crippen LogP contribution < -0.4 is 10.5 Å². The van der Waals surface area contributed by atoms with Gasteiger partial charge in [-0.15, -0.1) is 0 Å². The molecule has 0 bridgehead atoms. The van der Waals surface area contributed by atoms with Crippen LogP contribution in [0.4, 0.5) is 4.39 Å². The van der Waals surface area contributed by atoms with Gasteiger partial charge in [-0.3, -0.25) is 10.4 Å². The van der Waals surface area contributed by atoms with Crippen molar-refractivity contribution in [1.29, 1.82) is 5.41 Å². The first kappa shape index (κ1) is 12.5. The van der Waals surface area contributed by atoms with Crippen molar-refractivity contribution in [1.82, 2.24) is 4.98 Å². The van der Waals surface area contributed by atoms with Crippen LogP contribution in [0.1, 0.15) is 5.69 Å². The molecule has 0 aliphatic heterocycles. The lowest BCUT2D eigenvalue weighted by atomic mass is 10.3. The van der Waals surface area contributed by atoms with E-state index in [9.17, 15) is 4.39 Å². The number of benzene rings is 1. The Kier molecular flexibility index (Phi) is 3.57. The summed E-state index contributed by atoms with van der Waals surface area (Å²) < 4.78 is 19.2. The number of ether oxygens (including phenoxy) is 1. The molecule has 18 heavy (non-hydrogen) atoms. The summed E-state index contributed by atoms with van der Waals surface area (Å²) in [5.74, 6) is 0.233. The number of rotatable bonds is 3. The summed E-state index contributed by atoms with van der Waals surface area (Å²) in [4.78, 5) is 3.90. The molecule has 0 saturated heterocycles. The molecule has 0 saturated carbocycles. The van der Waals surface area contributed by atoms with E-state index in [0.717, 1.165) is 0 Å². The van der Waals surface area contributed by atoms with E-state index in [0.29, 0.717) is 21.7 Å². The summed E-state index contributed by atoms with van der Waals surface area (Å²) in [6, 6.07) is 7.35. The minimum atomic E-state index is -0.403. The number of nitrogens with one attached hydrogen (secondary N) is 1. The summed E-state index contributed by atoms with van der Waals surface area (Å²) in [6.45, 7) is 0. The first-order valence-electron chi connectivity index (χ1n) is 4.99.